The number of carbonyl (C=O) groups is 2. The van der Waals surface area contributed by atoms with E-state index >= 15 is 0 Å². The predicted molar refractivity (Wildman–Crippen MR) is 206 cm³/mol. The van der Waals surface area contributed by atoms with E-state index in [0.29, 0.717) is 11.5 Å². The van der Waals surface area contributed by atoms with Crippen molar-refractivity contribution in [2.45, 2.75) is 43.9 Å². The molecule has 0 fully saturated rings. The van der Waals surface area contributed by atoms with E-state index in [9.17, 15) is 9.59 Å². The first-order valence-corrected chi connectivity index (χ1v) is 18.3. The molecule has 258 valence electrons. The third-order valence-electron chi connectivity index (χ3n) is 7.96. The molecule has 0 spiro atoms. The number of carboxylic acid groups (broad SMARTS) is 2. The van der Waals surface area contributed by atoms with E-state index in [1.54, 1.807) is 23.5 Å². The van der Waals surface area contributed by atoms with Gasteiger partial charge in [0.15, 0.2) is 13.2 Å². The number of aliphatic carboxylic acids is 2. The zero-order valence-corrected chi connectivity index (χ0v) is 30.6. The number of benzene rings is 4. The molecule has 5 rings (SSSR count). The van der Waals surface area contributed by atoms with Crippen LogP contribution in [0, 0.1) is 37.5 Å². The first-order valence-electron chi connectivity index (χ1n) is 16.3. The van der Waals surface area contributed by atoms with Crippen LogP contribution in [0.3, 0.4) is 0 Å². The highest BCUT2D eigenvalue weighted by Crippen LogP contribution is 2.37. The first kappa shape index (κ1) is 37.0. The average molecular weight is 715 g/mol. The number of carboxylic acids is 2. The number of fused-ring (bicyclic) bond motifs is 3. The number of thioether (sulfide) groups is 2. The maximum Gasteiger partial charge on any atom is 0.341 e. The van der Waals surface area contributed by atoms with Crippen LogP contribution in [0.25, 0.3) is 11.1 Å². The Morgan fingerprint density at radius 2 is 1.10 bits per heavy atom. The molecule has 1 aliphatic rings. The number of allylic oxidation sites excluding steroid dienone is 2. The Balaban J connectivity index is 1.13. The largest absolute Gasteiger partial charge is 0.482 e. The Morgan fingerprint density at radius 1 is 0.667 bits per heavy atom. The zero-order valence-electron chi connectivity index (χ0n) is 29.0. The Morgan fingerprint density at radius 3 is 1.49 bits per heavy atom. The number of aryl methyl sites for hydroxylation is 2. The van der Waals surface area contributed by atoms with Gasteiger partial charge in [-0.1, -0.05) is 48.0 Å². The van der Waals surface area contributed by atoms with Crippen LogP contribution in [0.2, 0.25) is 0 Å². The van der Waals surface area contributed by atoms with E-state index in [-0.39, 0.29) is 13.2 Å². The van der Waals surface area contributed by atoms with Crippen molar-refractivity contribution in [3.05, 3.63) is 129 Å². The number of ether oxygens (including phenoxy) is 2. The second-order valence-electron chi connectivity index (χ2n) is 12.0. The summed E-state index contributed by atoms with van der Waals surface area (Å²) >= 11 is 3.38. The number of rotatable bonds is 12. The Hall–Kier alpha value is -5.28. The second kappa shape index (κ2) is 17.6. The van der Waals surface area contributed by atoms with Crippen molar-refractivity contribution in [3.63, 3.8) is 0 Å². The van der Waals surface area contributed by atoms with E-state index in [2.05, 4.69) is 72.2 Å². The van der Waals surface area contributed by atoms with Gasteiger partial charge in [0.25, 0.3) is 0 Å². The van der Waals surface area contributed by atoms with Gasteiger partial charge in [0.05, 0.1) is 0 Å². The van der Waals surface area contributed by atoms with Crippen molar-refractivity contribution in [2.75, 3.05) is 24.7 Å². The molecule has 0 amide bonds. The van der Waals surface area contributed by atoms with Gasteiger partial charge in [-0.15, -0.1) is 23.5 Å². The van der Waals surface area contributed by atoms with Crippen molar-refractivity contribution in [1.29, 1.82) is 0 Å². The van der Waals surface area contributed by atoms with Crippen molar-refractivity contribution in [2.24, 2.45) is 0 Å². The molecule has 1 aliphatic carbocycles. The minimum atomic E-state index is -0.993. The molecule has 51 heavy (non-hydrogen) atoms. The van der Waals surface area contributed by atoms with Gasteiger partial charge < -0.3 is 19.7 Å². The lowest BCUT2D eigenvalue weighted by Gasteiger charge is -2.08. The van der Waals surface area contributed by atoms with Gasteiger partial charge in [-0.05, 0) is 139 Å². The Bertz CT molecular complexity index is 2000. The van der Waals surface area contributed by atoms with Crippen LogP contribution >= 0.6 is 23.5 Å². The van der Waals surface area contributed by atoms with Gasteiger partial charge in [-0.3, -0.25) is 0 Å². The fourth-order valence-electron chi connectivity index (χ4n) is 5.36. The zero-order chi connectivity index (χ0) is 36.3. The number of hydrogen-bond donors (Lipinski definition) is 2. The minimum Gasteiger partial charge on any atom is -0.482 e. The lowest BCUT2D eigenvalue weighted by molar-refractivity contribution is -0.140. The standard InChI is InChI=1S/C43H38O6S2/c1-28(17-19-50-36-11-15-40(30(3)21-36)48-26-42(44)45)5-7-32-9-13-38-34(23-32)25-35-24-33(10-14-39(35)38)8-6-29(2)18-20-51-37-12-16-41(31(4)22-37)49-27-43(46)47/h9-18,21-24H,19-20,25-27H2,1-4H3,(H,44,45)(H,46,47). The molecule has 0 bridgehead atoms. The van der Waals surface area contributed by atoms with E-state index in [1.807, 2.05) is 64.1 Å². The molecule has 0 radical (unpaired) electrons. The minimum absolute atomic E-state index is 0.350. The third kappa shape index (κ3) is 10.9. The summed E-state index contributed by atoms with van der Waals surface area (Å²) in [5.74, 6) is 14.0. The van der Waals surface area contributed by atoms with Crippen LogP contribution < -0.4 is 9.47 Å². The molecule has 0 aromatic heterocycles. The molecule has 2 N–H and O–H groups in total. The third-order valence-corrected chi connectivity index (χ3v) is 9.80. The van der Waals surface area contributed by atoms with E-state index in [1.165, 1.54) is 22.3 Å². The van der Waals surface area contributed by atoms with Gasteiger partial charge >= 0.3 is 11.9 Å². The van der Waals surface area contributed by atoms with Crippen LogP contribution in [0.1, 0.15) is 47.2 Å². The van der Waals surface area contributed by atoms with Gasteiger partial charge in [0.2, 0.25) is 0 Å². The van der Waals surface area contributed by atoms with Crippen molar-refractivity contribution < 1.29 is 29.3 Å². The smallest absolute Gasteiger partial charge is 0.341 e. The summed E-state index contributed by atoms with van der Waals surface area (Å²) in [6.45, 7) is 7.16. The summed E-state index contributed by atoms with van der Waals surface area (Å²) in [5, 5.41) is 17.7. The monoisotopic (exact) mass is 714 g/mol. The summed E-state index contributed by atoms with van der Waals surface area (Å²) in [4.78, 5) is 23.7. The highest BCUT2D eigenvalue weighted by Gasteiger charge is 2.18. The SMILES string of the molecule is CC(C#Cc1ccc2c(c1)Cc1cc(C#CC(C)=CCSc3ccc(OCC(=O)O)c(C)c3)ccc1-2)=CCSc1ccc(OCC(=O)O)c(C)c1. The molecule has 0 saturated heterocycles. The van der Waals surface area contributed by atoms with E-state index < -0.39 is 11.9 Å². The molecule has 0 aliphatic heterocycles. The van der Waals surface area contributed by atoms with Crippen molar-refractivity contribution in [1.82, 2.24) is 0 Å². The molecular weight excluding hydrogens is 677 g/mol. The van der Waals surface area contributed by atoms with Gasteiger partial charge in [0.1, 0.15) is 11.5 Å². The van der Waals surface area contributed by atoms with Crippen molar-refractivity contribution >= 4 is 35.5 Å². The van der Waals surface area contributed by atoms with Crippen molar-refractivity contribution in [3.8, 4) is 46.3 Å². The molecule has 0 atom stereocenters. The van der Waals surface area contributed by atoms with E-state index in [0.717, 1.165) is 61.1 Å². The summed E-state index contributed by atoms with van der Waals surface area (Å²) in [6.07, 6.45) is 5.09. The van der Waals surface area contributed by atoms with Gasteiger partial charge in [-0.2, -0.15) is 0 Å². The van der Waals surface area contributed by atoms with Crippen LogP contribution in [-0.4, -0.2) is 46.9 Å². The predicted octanol–water partition coefficient (Wildman–Crippen LogP) is 8.98. The first-order chi connectivity index (χ1) is 24.5. The summed E-state index contributed by atoms with van der Waals surface area (Å²) in [5.41, 5.74) is 10.8. The molecule has 8 heteroatoms. The summed E-state index contributed by atoms with van der Waals surface area (Å²) < 4.78 is 10.6. The molecule has 0 unspecified atom stereocenters. The average Bonchev–Trinajstić information content (AvgIpc) is 3.46. The maximum absolute atomic E-state index is 10.8. The van der Waals surface area contributed by atoms with Crippen LogP contribution in [0.15, 0.2) is 106 Å². The Kier molecular flexibility index (Phi) is 12.8. The highest BCUT2D eigenvalue weighted by atomic mass is 32.2. The normalized spacial score (nSPS) is 11.8. The van der Waals surface area contributed by atoms with Gasteiger partial charge in [-0.25, -0.2) is 9.59 Å². The van der Waals surface area contributed by atoms with E-state index in [4.69, 9.17) is 19.7 Å². The molecule has 0 heterocycles. The fourth-order valence-corrected chi connectivity index (χ4v) is 7.26. The highest BCUT2D eigenvalue weighted by molar-refractivity contribution is 7.99. The molecule has 0 saturated carbocycles. The lowest BCUT2D eigenvalue weighted by atomic mass is 10.0. The van der Waals surface area contributed by atoms with Crippen LogP contribution in [0.4, 0.5) is 0 Å². The molecule has 4 aromatic rings. The second-order valence-corrected chi connectivity index (χ2v) is 14.2. The lowest BCUT2D eigenvalue weighted by Crippen LogP contribution is -2.09. The Labute approximate surface area is 308 Å². The maximum atomic E-state index is 10.8. The van der Waals surface area contributed by atoms with Crippen LogP contribution in [0.5, 0.6) is 11.5 Å². The molecule has 6 nitrogen and oxygen atoms in total. The van der Waals surface area contributed by atoms with Crippen LogP contribution in [-0.2, 0) is 16.0 Å². The number of hydrogen-bond acceptors (Lipinski definition) is 6. The quantitative estimate of drug-likeness (QED) is 0.0978. The summed E-state index contributed by atoms with van der Waals surface area (Å²) in [6, 6.07) is 24.4. The summed E-state index contributed by atoms with van der Waals surface area (Å²) in [7, 11) is 0. The van der Waals surface area contributed by atoms with Gasteiger partial charge in [0, 0.05) is 32.4 Å². The molecular formula is C43H38O6S2. The topological polar surface area (TPSA) is 93.1 Å². The molecule has 4 aromatic carbocycles. The fraction of sp³-hybridized carbons (Fsp3) is 0.209.